The maximum Gasteiger partial charge on any atom is 0.191 e. The van der Waals surface area contributed by atoms with Gasteiger partial charge in [0.15, 0.2) is 5.96 Å². The number of nitrogens with zero attached hydrogens (tertiary/aromatic N) is 3. The minimum absolute atomic E-state index is 0.607. The molecule has 1 aromatic rings. The number of unbranched alkanes of at least 4 members (excludes halogenated alkanes) is 1. The van der Waals surface area contributed by atoms with E-state index in [0.29, 0.717) is 26.4 Å². The summed E-state index contributed by atoms with van der Waals surface area (Å²) in [7, 11) is 1.93. The summed E-state index contributed by atoms with van der Waals surface area (Å²) >= 11 is 0. The number of guanidine groups is 1. The van der Waals surface area contributed by atoms with E-state index in [1.165, 1.54) is 5.56 Å². The van der Waals surface area contributed by atoms with Crippen LogP contribution in [0.1, 0.15) is 32.3 Å². The maximum absolute atomic E-state index is 5.52. The quantitative estimate of drug-likeness (QED) is 0.322. The zero-order valence-corrected chi connectivity index (χ0v) is 15.4. The molecule has 7 nitrogen and oxygen atoms in total. The lowest BCUT2D eigenvalue weighted by Crippen LogP contribution is -2.38. The van der Waals surface area contributed by atoms with E-state index in [9.17, 15) is 0 Å². The molecule has 0 amide bonds. The molecule has 0 aliphatic carbocycles. The summed E-state index contributed by atoms with van der Waals surface area (Å²) in [5, 5.41) is 10.7. The molecule has 0 spiro atoms. The summed E-state index contributed by atoms with van der Waals surface area (Å²) in [4.78, 5) is 4.50. The van der Waals surface area contributed by atoms with Crippen molar-refractivity contribution in [3.05, 3.63) is 18.0 Å². The van der Waals surface area contributed by atoms with Crippen LogP contribution in [0.25, 0.3) is 0 Å². The first-order valence-corrected chi connectivity index (χ1v) is 8.91. The van der Waals surface area contributed by atoms with E-state index in [-0.39, 0.29) is 0 Å². The van der Waals surface area contributed by atoms with E-state index in [0.717, 1.165) is 44.9 Å². The Morgan fingerprint density at radius 3 is 2.62 bits per heavy atom. The van der Waals surface area contributed by atoms with Crippen molar-refractivity contribution in [2.45, 2.75) is 33.1 Å². The zero-order valence-electron chi connectivity index (χ0n) is 15.4. The Labute approximate surface area is 145 Å². The normalized spacial score (nSPS) is 11.7. The lowest BCUT2D eigenvalue weighted by molar-refractivity contribution is 0.0497. The lowest BCUT2D eigenvalue weighted by Gasteiger charge is -2.11. The molecule has 0 aliphatic heterocycles. The second-order valence-electron chi connectivity index (χ2n) is 5.54. The fourth-order valence-electron chi connectivity index (χ4n) is 2.06. The van der Waals surface area contributed by atoms with Crippen LogP contribution < -0.4 is 10.6 Å². The second kappa shape index (κ2) is 13.8. The van der Waals surface area contributed by atoms with Crippen LogP contribution in [0.3, 0.4) is 0 Å². The summed E-state index contributed by atoms with van der Waals surface area (Å²) in [6, 6.07) is 0. The topological polar surface area (TPSA) is 72.7 Å². The van der Waals surface area contributed by atoms with Crippen molar-refractivity contribution in [2.75, 3.05) is 46.1 Å². The van der Waals surface area contributed by atoms with Gasteiger partial charge in [-0.1, -0.05) is 13.3 Å². The van der Waals surface area contributed by atoms with Gasteiger partial charge in [-0.2, -0.15) is 5.10 Å². The summed E-state index contributed by atoms with van der Waals surface area (Å²) in [5.41, 5.74) is 1.22. The van der Waals surface area contributed by atoms with Crippen LogP contribution in [0.15, 0.2) is 17.4 Å². The van der Waals surface area contributed by atoms with Crippen molar-refractivity contribution in [2.24, 2.45) is 12.0 Å². The number of hydrogen-bond donors (Lipinski definition) is 2. The van der Waals surface area contributed by atoms with Gasteiger partial charge in [0.25, 0.3) is 0 Å². The molecule has 1 heterocycles. The van der Waals surface area contributed by atoms with Crippen LogP contribution in [0, 0.1) is 0 Å². The number of aliphatic imine (C=N–C) groups is 1. The summed E-state index contributed by atoms with van der Waals surface area (Å²) in [5.74, 6) is 0.823. The highest BCUT2D eigenvalue weighted by molar-refractivity contribution is 5.79. The smallest absolute Gasteiger partial charge is 0.191 e. The fourth-order valence-corrected chi connectivity index (χ4v) is 2.06. The van der Waals surface area contributed by atoms with Gasteiger partial charge in [-0.15, -0.1) is 0 Å². The van der Waals surface area contributed by atoms with Gasteiger partial charge in [-0.3, -0.25) is 9.67 Å². The van der Waals surface area contributed by atoms with E-state index in [1.54, 1.807) is 0 Å². The van der Waals surface area contributed by atoms with Gasteiger partial charge >= 0.3 is 0 Å². The molecule has 7 heteroatoms. The largest absolute Gasteiger partial charge is 0.379 e. The summed E-state index contributed by atoms with van der Waals surface area (Å²) in [6.45, 7) is 9.23. The highest BCUT2D eigenvalue weighted by Gasteiger charge is 1.99. The molecular weight excluding hydrogens is 306 g/mol. The third-order valence-electron chi connectivity index (χ3n) is 3.33. The van der Waals surface area contributed by atoms with E-state index in [4.69, 9.17) is 9.47 Å². The van der Waals surface area contributed by atoms with Crippen LogP contribution in [0.5, 0.6) is 0 Å². The molecule has 0 unspecified atom stereocenters. The van der Waals surface area contributed by atoms with Gasteiger partial charge in [0, 0.05) is 32.9 Å². The molecule has 2 N–H and O–H groups in total. The monoisotopic (exact) mass is 339 g/mol. The van der Waals surface area contributed by atoms with Crippen molar-refractivity contribution in [1.29, 1.82) is 0 Å². The van der Waals surface area contributed by atoms with Crippen molar-refractivity contribution in [3.63, 3.8) is 0 Å². The van der Waals surface area contributed by atoms with E-state index < -0.39 is 0 Å². The summed E-state index contributed by atoms with van der Waals surface area (Å²) < 4.78 is 12.8. The van der Waals surface area contributed by atoms with Crippen molar-refractivity contribution in [1.82, 2.24) is 20.4 Å². The van der Waals surface area contributed by atoms with Gasteiger partial charge in [0.1, 0.15) is 0 Å². The Morgan fingerprint density at radius 1 is 1.17 bits per heavy atom. The van der Waals surface area contributed by atoms with Gasteiger partial charge < -0.3 is 20.1 Å². The van der Waals surface area contributed by atoms with Crippen LogP contribution >= 0.6 is 0 Å². The Balaban J connectivity index is 2.10. The molecule has 0 saturated heterocycles. The van der Waals surface area contributed by atoms with Gasteiger partial charge in [0.05, 0.1) is 32.6 Å². The standard InChI is InChI=1S/C17H33N5O2/c1-4-6-10-23-12-13-24-11-9-20-17(18-5-2)19-8-7-16-14-21-22(3)15-16/h14-15H,4-13H2,1-3H3,(H2,18,19,20). The first-order chi connectivity index (χ1) is 11.8. The fraction of sp³-hybridized carbons (Fsp3) is 0.765. The molecule has 0 atom stereocenters. The van der Waals surface area contributed by atoms with Crippen LogP contribution in [-0.4, -0.2) is 61.8 Å². The third kappa shape index (κ3) is 10.2. The van der Waals surface area contributed by atoms with Crippen molar-refractivity contribution >= 4 is 5.96 Å². The maximum atomic E-state index is 5.52. The molecule has 0 saturated carbocycles. The van der Waals surface area contributed by atoms with Crippen molar-refractivity contribution in [3.8, 4) is 0 Å². The number of nitrogens with one attached hydrogen (secondary N) is 2. The number of rotatable bonds is 13. The minimum Gasteiger partial charge on any atom is -0.379 e. The predicted octanol–water partition coefficient (Wildman–Crippen LogP) is 1.35. The van der Waals surface area contributed by atoms with Crippen molar-refractivity contribution < 1.29 is 9.47 Å². The number of ether oxygens (including phenoxy) is 2. The summed E-state index contributed by atoms with van der Waals surface area (Å²) in [6.07, 6.45) is 7.12. The van der Waals surface area contributed by atoms with Gasteiger partial charge in [-0.25, -0.2) is 0 Å². The predicted molar refractivity (Wildman–Crippen MR) is 97.4 cm³/mol. The SMILES string of the molecule is CCCCOCCOCCN=C(NCC)NCCc1cnn(C)c1. The molecule has 24 heavy (non-hydrogen) atoms. The average molecular weight is 339 g/mol. The van der Waals surface area contributed by atoms with E-state index in [1.807, 2.05) is 24.1 Å². The Morgan fingerprint density at radius 2 is 1.96 bits per heavy atom. The molecule has 0 bridgehead atoms. The van der Waals surface area contributed by atoms with Gasteiger partial charge in [0.2, 0.25) is 0 Å². The van der Waals surface area contributed by atoms with Gasteiger partial charge in [-0.05, 0) is 25.3 Å². The van der Waals surface area contributed by atoms with Crippen LogP contribution in [0.2, 0.25) is 0 Å². The Bertz CT molecular complexity index is 448. The van der Waals surface area contributed by atoms with Crippen LogP contribution in [0.4, 0.5) is 0 Å². The molecule has 0 fully saturated rings. The minimum atomic E-state index is 0.607. The average Bonchev–Trinajstić information content (AvgIpc) is 2.98. The lowest BCUT2D eigenvalue weighted by atomic mass is 10.2. The van der Waals surface area contributed by atoms with E-state index in [2.05, 4.69) is 34.6 Å². The first kappa shape index (κ1) is 20.4. The number of hydrogen-bond acceptors (Lipinski definition) is 4. The number of aryl methyl sites for hydroxylation is 1. The Kier molecular flexibility index (Phi) is 11.8. The molecule has 138 valence electrons. The van der Waals surface area contributed by atoms with E-state index >= 15 is 0 Å². The zero-order chi connectivity index (χ0) is 17.5. The Hall–Kier alpha value is -1.60. The second-order valence-corrected chi connectivity index (χ2v) is 5.54. The highest BCUT2D eigenvalue weighted by Crippen LogP contribution is 1.95. The third-order valence-corrected chi connectivity index (χ3v) is 3.33. The molecule has 0 aliphatic rings. The first-order valence-electron chi connectivity index (χ1n) is 8.91. The molecule has 0 radical (unpaired) electrons. The number of aromatic nitrogens is 2. The molecule has 0 aromatic carbocycles. The van der Waals surface area contributed by atoms with Crippen LogP contribution in [-0.2, 0) is 22.9 Å². The highest BCUT2D eigenvalue weighted by atomic mass is 16.5. The molecule has 1 aromatic heterocycles. The molecule has 1 rings (SSSR count). The molecular formula is C17H33N5O2.